The monoisotopic (exact) mass is 355 g/mol. The summed E-state index contributed by atoms with van der Waals surface area (Å²) in [4.78, 5) is 23.9. The number of amides is 2. The van der Waals surface area contributed by atoms with Crippen LogP contribution in [0.3, 0.4) is 0 Å². The summed E-state index contributed by atoms with van der Waals surface area (Å²) < 4.78 is 10.3. The Bertz CT molecular complexity index is 791. The molecule has 0 aliphatic heterocycles. The highest BCUT2D eigenvalue weighted by atomic mass is 16.5. The fourth-order valence-corrected chi connectivity index (χ4v) is 2.19. The highest BCUT2D eigenvalue weighted by Crippen LogP contribution is 2.28. The standard InChI is InChI=1S/C19H21N3O4/c1-13(14-7-5-4-6-8-14)12-20-22-19(24)18(23)21-16-11-15(25-2)9-10-17(16)26-3/h4-13H,1-3H3,(H,21,23)(H,22,24)/b20-12+. The Morgan fingerprint density at radius 1 is 1.04 bits per heavy atom. The zero-order valence-corrected chi connectivity index (χ0v) is 14.9. The molecule has 2 N–H and O–H groups in total. The van der Waals surface area contributed by atoms with Gasteiger partial charge in [0.2, 0.25) is 0 Å². The van der Waals surface area contributed by atoms with Crippen LogP contribution in [0.1, 0.15) is 18.4 Å². The van der Waals surface area contributed by atoms with Gasteiger partial charge in [-0.1, -0.05) is 37.3 Å². The molecule has 136 valence electrons. The Labute approximate surface area is 152 Å². The Balaban J connectivity index is 1.96. The molecule has 0 saturated heterocycles. The lowest BCUT2D eigenvalue weighted by molar-refractivity contribution is -0.136. The third-order valence-electron chi connectivity index (χ3n) is 3.65. The van der Waals surface area contributed by atoms with Gasteiger partial charge in [-0.15, -0.1) is 0 Å². The van der Waals surface area contributed by atoms with Gasteiger partial charge in [-0.3, -0.25) is 9.59 Å². The average molecular weight is 355 g/mol. The van der Waals surface area contributed by atoms with Crippen molar-refractivity contribution in [1.29, 1.82) is 0 Å². The topological polar surface area (TPSA) is 89.0 Å². The van der Waals surface area contributed by atoms with E-state index in [9.17, 15) is 9.59 Å². The van der Waals surface area contributed by atoms with E-state index in [0.717, 1.165) is 5.56 Å². The smallest absolute Gasteiger partial charge is 0.329 e. The molecule has 0 bridgehead atoms. The molecule has 2 amide bonds. The summed E-state index contributed by atoms with van der Waals surface area (Å²) in [6, 6.07) is 14.6. The number of carbonyl (C=O) groups is 2. The van der Waals surface area contributed by atoms with Crippen LogP contribution in [0.25, 0.3) is 0 Å². The first-order valence-electron chi connectivity index (χ1n) is 7.96. The first-order valence-corrected chi connectivity index (χ1v) is 7.96. The van der Waals surface area contributed by atoms with Crippen molar-refractivity contribution < 1.29 is 19.1 Å². The van der Waals surface area contributed by atoms with E-state index in [4.69, 9.17) is 9.47 Å². The quantitative estimate of drug-likeness (QED) is 0.473. The zero-order valence-electron chi connectivity index (χ0n) is 14.9. The second-order valence-electron chi connectivity index (χ2n) is 5.44. The van der Waals surface area contributed by atoms with Crippen LogP contribution >= 0.6 is 0 Å². The summed E-state index contributed by atoms with van der Waals surface area (Å²) in [6.07, 6.45) is 1.56. The minimum atomic E-state index is -0.883. The highest BCUT2D eigenvalue weighted by Gasteiger charge is 2.16. The van der Waals surface area contributed by atoms with Gasteiger partial charge in [0.25, 0.3) is 0 Å². The predicted octanol–water partition coefficient (Wildman–Crippen LogP) is 2.55. The number of anilines is 1. The van der Waals surface area contributed by atoms with Crippen LogP contribution in [0.4, 0.5) is 5.69 Å². The van der Waals surface area contributed by atoms with Crippen molar-refractivity contribution in [3.05, 3.63) is 54.1 Å². The lowest BCUT2D eigenvalue weighted by Gasteiger charge is -2.11. The molecule has 2 rings (SSSR count). The van der Waals surface area contributed by atoms with Crippen LogP contribution < -0.4 is 20.2 Å². The Kier molecular flexibility index (Phi) is 6.73. The van der Waals surface area contributed by atoms with Crippen LogP contribution in [0, 0.1) is 0 Å². The first-order chi connectivity index (χ1) is 12.5. The molecule has 0 spiro atoms. The van der Waals surface area contributed by atoms with Crippen molar-refractivity contribution in [3.63, 3.8) is 0 Å². The van der Waals surface area contributed by atoms with E-state index in [2.05, 4.69) is 15.8 Å². The van der Waals surface area contributed by atoms with Crippen LogP contribution in [0.2, 0.25) is 0 Å². The van der Waals surface area contributed by atoms with Crippen LogP contribution in [-0.4, -0.2) is 32.2 Å². The fraction of sp³-hybridized carbons (Fsp3) is 0.211. The first kappa shape index (κ1) is 19.0. The number of hydrogen-bond acceptors (Lipinski definition) is 5. The van der Waals surface area contributed by atoms with Gasteiger partial charge in [-0.2, -0.15) is 5.10 Å². The van der Waals surface area contributed by atoms with Gasteiger partial charge in [0.15, 0.2) is 0 Å². The average Bonchev–Trinajstić information content (AvgIpc) is 2.68. The van der Waals surface area contributed by atoms with E-state index in [1.807, 2.05) is 37.3 Å². The SMILES string of the molecule is COc1ccc(OC)c(NC(=O)C(=O)N/N=C/C(C)c2ccccc2)c1. The third-order valence-corrected chi connectivity index (χ3v) is 3.65. The van der Waals surface area contributed by atoms with E-state index in [1.54, 1.807) is 24.4 Å². The molecule has 0 heterocycles. The number of hydrazone groups is 1. The van der Waals surface area contributed by atoms with Crippen molar-refractivity contribution in [1.82, 2.24) is 5.43 Å². The van der Waals surface area contributed by atoms with Gasteiger partial charge in [-0.05, 0) is 17.7 Å². The molecule has 26 heavy (non-hydrogen) atoms. The number of rotatable bonds is 6. The van der Waals surface area contributed by atoms with E-state index in [1.165, 1.54) is 14.2 Å². The molecule has 2 aromatic carbocycles. The summed E-state index contributed by atoms with van der Waals surface area (Å²) in [7, 11) is 2.97. The number of nitrogens with one attached hydrogen (secondary N) is 2. The number of nitrogens with zero attached hydrogens (tertiary/aromatic N) is 1. The number of methoxy groups -OCH3 is 2. The van der Waals surface area contributed by atoms with Gasteiger partial charge < -0.3 is 14.8 Å². The van der Waals surface area contributed by atoms with Crippen LogP contribution in [0.5, 0.6) is 11.5 Å². The maximum Gasteiger partial charge on any atom is 0.329 e. The maximum atomic E-state index is 12.0. The second-order valence-corrected chi connectivity index (χ2v) is 5.44. The lowest BCUT2D eigenvalue weighted by atomic mass is 10.0. The molecule has 0 fully saturated rings. The minimum Gasteiger partial charge on any atom is -0.497 e. The van der Waals surface area contributed by atoms with Crippen LogP contribution in [-0.2, 0) is 9.59 Å². The number of carbonyl (C=O) groups excluding carboxylic acids is 2. The zero-order chi connectivity index (χ0) is 18.9. The molecule has 0 aliphatic rings. The Morgan fingerprint density at radius 3 is 2.42 bits per heavy atom. The molecule has 0 radical (unpaired) electrons. The molecule has 7 nitrogen and oxygen atoms in total. The van der Waals surface area contributed by atoms with Crippen molar-refractivity contribution in [2.45, 2.75) is 12.8 Å². The predicted molar refractivity (Wildman–Crippen MR) is 99.7 cm³/mol. The summed E-state index contributed by atoms with van der Waals surface area (Å²) >= 11 is 0. The number of benzene rings is 2. The number of hydrogen-bond donors (Lipinski definition) is 2. The molecule has 1 unspecified atom stereocenters. The molecular formula is C19H21N3O4. The van der Waals surface area contributed by atoms with Gasteiger partial charge in [-0.25, -0.2) is 5.43 Å². The van der Waals surface area contributed by atoms with Gasteiger partial charge in [0, 0.05) is 18.2 Å². The van der Waals surface area contributed by atoms with Crippen molar-refractivity contribution in [3.8, 4) is 11.5 Å². The van der Waals surface area contributed by atoms with E-state index in [0.29, 0.717) is 17.2 Å². The molecular weight excluding hydrogens is 334 g/mol. The molecule has 0 saturated carbocycles. The van der Waals surface area contributed by atoms with E-state index < -0.39 is 11.8 Å². The summed E-state index contributed by atoms with van der Waals surface area (Å²) in [6.45, 7) is 1.94. The van der Waals surface area contributed by atoms with Gasteiger partial charge in [0.1, 0.15) is 11.5 Å². The molecule has 1 atom stereocenters. The molecule has 0 aliphatic carbocycles. The van der Waals surface area contributed by atoms with Crippen molar-refractivity contribution >= 4 is 23.7 Å². The molecule has 7 heteroatoms. The maximum absolute atomic E-state index is 12.0. The lowest BCUT2D eigenvalue weighted by Crippen LogP contribution is -2.32. The summed E-state index contributed by atoms with van der Waals surface area (Å²) in [5.41, 5.74) is 3.60. The molecule has 0 aromatic heterocycles. The molecule has 2 aromatic rings. The van der Waals surface area contributed by atoms with Crippen molar-refractivity contribution in [2.24, 2.45) is 5.10 Å². The Morgan fingerprint density at radius 2 is 1.77 bits per heavy atom. The number of ether oxygens (including phenoxy) is 2. The largest absolute Gasteiger partial charge is 0.497 e. The highest BCUT2D eigenvalue weighted by molar-refractivity contribution is 6.39. The Hall–Kier alpha value is -3.35. The van der Waals surface area contributed by atoms with E-state index >= 15 is 0 Å². The second kappa shape index (κ2) is 9.22. The van der Waals surface area contributed by atoms with Gasteiger partial charge in [0.05, 0.1) is 19.9 Å². The van der Waals surface area contributed by atoms with E-state index in [-0.39, 0.29) is 5.92 Å². The van der Waals surface area contributed by atoms with Gasteiger partial charge >= 0.3 is 11.8 Å². The summed E-state index contributed by atoms with van der Waals surface area (Å²) in [5, 5.41) is 6.32. The normalized spacial score (nSPS) is 11.7. The third kappa shape index (κ3) is 5.07. The fourth-order valence-electron chi connectivity index (χ4n) is 2.19. The minimum absolute atomic E-state index is 0.00182. The van der Waals surface area contributed by atoms with Crippen molar-refractivity contribution in [2.75, 3.05) is 19.5 Å². The van der Waals surface area contributed by atoms with Crippen LogP contribution in [0.15, 0.2) is 53.6 Å². The summed E-state index contributed by atoms with van der Waals surface area (Å²) in [5.74, 6) is -0.810.